The Kier molecular flexibility index (Phi) is 7.16. The number of rotatable bonds is 7. The fraction of sp³-hybridized carbons (Fsp3) is 0.167. The Balaban J connectivity index is 2.27. The van der Waals surface area contributed by atoms with Gasteiger partial charge in [-0.1, -0.05) is 29.8 Å². The molecule has 0 bridgehead atoms. The Bertz CT molecular complexity index is 760. The van der Waals surface area contributed by atoms with Crippen molar-refractivity contribution in [3.8, 4) is 11.5 Å². The van der Waals surface area contributed by atoms with Crippen LogP contribution in [-0.4, -0.2) is 11.8 Å². The third-order valence-corrected chi connectivity index (χ3v) is 4.15. The Morgan fingerprint density at radius 2 is 2.00 bits per heavy atom. The van der Waals surface area contributed by atoms with Gasteiger partial charge in [0.25, 0.3) is 0 Å². The van der Waals surface area contributed by atoms with Crippen molar-refractivity contribution in [3.63, 3.8) is 0 Å². The third kappa shape index (κ3) is 5.26. The van der Waals surface area contributed by atoms with E-state index in [0.29, 0.717) is 34.2 Å². The average Bonchev–Trinajstić information content (AvgIpc) is 2.54. The molecule has 2 aromatic carbocycles. The zero-order valence-corrected chi connectivity index (χ0v) is 16.0. The standard InChI is InChI=1S/C18H15BrCl2O3/c1-2-23-16-10-12(7-8-17(21)22)9-14(19)18(16)24-11-13-5-3-4-6-15(13)20/h3-10H,2,11H2,1H3/b8-7+. The lowest BCUT2D eigenvalue weighted by Crippen LogP contribution is -2.01. The second-order valence-electron chi connectivity index (χ2n) is 4.78. The Labute approximate surface area is 159 Å². The maximum atomic E-state index is 10.9. The molecule has 0 aliphatic heterocycles. The van der Waals surface area contributed by atoms with Crippen LogP contribution in [-0.2, 0) is 11.4 Å². The zero-order valence-electron chi connectivity index (χ0n) is 12.9. The molecular formula is C18H15BrCl2O3. The van der Waals surface area contributed by atoms with Crippen LogP contribution in [0, 0.1) is 0 Å². The fourth-order valence-electron chi connectivity index (χ4n) is 2.01. The van der Waals surface area contributed by atoms with Gasteiger partial charge in [-0.2, -0.15) is 0 Å². The molecule has 6 heteroatoms. The van der Waals surface area contributed by atoms with Gasteiger partial charge in [-0.25, -0.2) is 0 Å². The second kappa shape index (κ2) is 9.11. The van der Waals surface area contributed by atoms with Crippen molar-refractivity contribution in [2.45, 2.75) is 13.5 Å². The molecule has 0 N–H and O–H groups in total. The maximum absolute atomic E-state index is 10.9. The number of carbonyl (C=O) groups excluding carboxylic acids is 1. The van der Waals surface area contributed by atoms with E-state index in [1.54, 1.807) is 12.1 Å². The highest BCUT2D eigenvalue weighted by Gasteiger charge is 2.12. The molecule has 0 atom stereocenters. The van der Waals surface area contributed by atoms with Crippen molar-refractivity contribution in [1.29, 1.82) is 0 Å². The van der Waals surface area contributed by atoms with Gasteiger partial charge in [0.1, 0.15) is 6.61 Å². The Morgan fingerprint density at radius 3 is 2.67 bits per heavy atom. The van der Waals surface area contributed by atoms with Gasteiger partial charge < -0.3 is 9.47 Å². The predicted molar refractivity (Wildman–Crippen MR) is 101 cm³/mol. The maximum Gasteiger partial charge on any atom is 0.245 e. The van der Waals surface area contributed by atoms with Crippen LogP contribution in [0.1, 0.15) is 18.1 Å². The van der Waals surface area contributed by atoms with Gasteiger partial charge in [0.2, 0.25) is 5.24 Å². The first-order valence-electron chi connectivity index (χ1n) is 7.21. The highest BCUT2D eigenvalue weighted by atomic mass is 79.9. The lowest BCUT2D eigenvalue weighted by molar-refractivity contribution is -0.107. The molecule has 24 heavy (non-hydrogen) atoms. The van der Waals surface area contributed by atoms with Crippen molar-refractivity contribution in [2.24, 2.45) is 0 Å². The third-order valence-electron chi connectivity index (χ3n) is 3.07. The summed E-state index contributed by atoms with van der Waals surface area (Å²) in [7, 11) is 0. The minimum atomic E-state index is -0.539. The number of halogens is 3. The Morgan fingerprint density at radius 1 is 1.25 bits per heavy atom. The number of allylic oxidation sites excluding steroid dienone is 1. The molecule has 0 aliphatic rings. The summed E-state index contributed by atoms with van der Waals surface area (Å²) in [4.78, 5) is 10.9. The van der Waals surface area contributed by atoms with Gasteiger partial charge in [-0.05, 0) is 70.4 Å². The largest absolute Gasteiger partial charge is 0.490 e. The van der Waals surface area contributed by atoms with Crippen molar-refractivity contribution < 1.29 is 14.3 Å². The second-order valence-corrected chi connectivity index (χ2v) is 6.41. The SMILES string of the molecule is CCOc1cc(/C=C/C(=O)Cl)cc(Br)c1OCc1ccccc1Cl. The molecule has 0 saturated heterocycles. The lowest BCUT2D eigenvalue weighted by atomic mass is 10.2. The summed E-state index contributed by atoms with van der Waals surface area (Å²) in [6, 6.07) is 11.1. The van der Waals surface area contributed by atoms with E-state index < -0.39 is 5.24 Å². The van der Waals surface area contributed by atoms with E-state index in [9.17, 15) is 4.79 Å². The number of hydrogen-bond donors (Lipinski definition) is 0. The molecule has 0 aromatic heterocycles. The quantitative estimate of drug-likeness (QED) is 0.408. The van der Waals surface area contributed by atoms with Gasteiger partial charge in [-0.3, -0.25) is 4.79 Å². The van der Waals surface area contributed by atoms with E-state index in [4.69, 9.17) is 32.7 Å². The summed E-state index contributed by atoms with van der Waals surface area (Å²) in [6.45, 7) is 2.68. The van der Waals surface area contributed by atoms with E-state index in [-0.39, 0.29) is 0 Å². The summed E-state index contributed by atoms with van der Waals surface area (Å²) in [5, 5.41) is 0.106. The molecule has 0 fully saturated rings. The summed E-state index contributed by atoms with van der Waals surface area (Å²) in [5.41, 5.74) is 1.65. The Hall–Kier alpha value is -1.49. The van der Waals surface area contributed by atoms with Gasteiger partial charge >= 0.3 is 0 Å². The van der Waals surface area contributed by atoms with E-state index in [1.807, 2.05) is 37.3 Å². The molecule has 0 heterocycles. The van der Waals surface area contributed by atoms with Crippen LogP contribution >= 0.6 is 39.1 Å². The van der Waals surface area contributed by atoms with E-state index in [1.165, 1.54) is 6.08 Å². The molecule has 3 nitrogen and oxygen atoms in total. The number of carbonyl (C=O) groups is 1. The molecule has 126 valence electrons. The lowest BCUT2D eigenvalue weighted by Gasteiger charge is -2.15. The predicted octanol–water partition coefficient (Wildman–Crippen LogP) is 5.86. The zero-order chi connectivity index (χ0) is 17.5. The minimum Gasteiger partial charge on any atom is -0.490 e. The number of hydrogen-bond acceptors (Lipinski definition) is 3. The topological polar surface area (TPSA) is 35.5 Å². The highest BCUT2D eigenvalue weighted by Crippen LogP contribution is 2.38. The minimum absolute atomic E-state index is 0.313. The van der Waals surface area contributed by atoms with Gasteiger partial charge in [0, 0.05) is 10.6 Å². The van der Waals surface area contributed by atoms with Crippen molar-refractivity contribution in [2.75, 3.05) is 6.61 Å². The van der Waals surface area contributed by atoms with Crippen LogP contribution in [0.3, 0.4) is 0 Å². The van der Waals surface area contributed by atoms with Crippen molar-refractivity contribution in [1.82, 2.24) is 0 Å². The van der Waals surface area contributed by atoms with Gasteiger partial charge in [-0.15, -0.1) is 0 Å². The van der Waals surface area contributed by atoms with Crippen molar-refractivity contribution in [3.05, 3.63) is 63.1 Å². The van der Waals surface area contributed by atoms with Gasteiger partial charge in [0.05, 0.1) is 11.1 Å². The first kappa shape index (κ1) is 18.8. The first-order valence-corrected chi connectivity index (χ1v) is 8.76. The molecule has 2 aromatic rings. The molecule has 0 amide bonds. The van der Waals surface area contributed by atoms with Crippen LogP contribution in [0.5, 0.6) is 11.5 Å². The van der Waals surface area contributed by atoms with E-state index in [2.05, 4.69) is 15.9 Å². The van der Waals surface area contributed by atoms with Crippen molar-refractivity contribution >= 4 is 50.5 Å². The van der Waals surface area contributed by atoms with Gasteiger partial charge in [0.15, 0.2) is 11.5 Å². The van der Waals surface area contributed by atoms with Crippen LogP contribution in [0.25, 0.3) is 6.08 Å². The summed E-state index contributed by atoms with van der Waals surface area (Å²) in [6.07, 6.45) is 2.89. The van der Waals surface area contributed by atoms with E-state index in [0.717, 1.165) is 11.1 Å². The number of ether oxygens (including phenoxy) is 2. The molecule has 0 aliphatic carbocycles. The smallest absolute Gasteiger partial charge is 0.245 e. The number of benzene rings is 2. The summed E-state index contributed by atoms with van der Waals surface area (Å²) in [5.74, 6) is 1.15. The fourth-order valence-corrected chi connectivity index (χ4v) is 2.84. The molecule has 2 rings (SSSR count). The van der Waals surface area contributed by atoms with Crippen LogP contribution in [0.2, 0.25) is 5.02 Å². The normalized spacial score (nSPS) is 10.8. The highest BCUT2D eigenvalue weighted by molar-refractivity contribution is 9.10. The summed E-state index contributed by atoms with van der Waals surface area (Å²) >= 11 is 15.0. The van der Waals surface area contributed by atoms with Crippen LogP contribution < -0.4 is 9.47 Å². The molecule has 0 unspecified atom stereocenters. The summed E-state index contributed by atoms with van der Waals surface area (Å²) < 4.78 is 12.2. The van der Waals surface area contributed by atoms with E-state index >= 15 is 0 Å². The average molecular weight is 430 g/mol. The van der Waals surface area contributed by atoms with Crippen LogP contribution in [0.4, 0.5) is 0 Å². The molecular weight excluding hydrogens is 415 g/mol. The van der Waals surface area contributed by atoms with Crippen LogP contribution in [0.15, 0.2) is 46.9 Å². The first-order chi connectivity index (χ1) is 11.5. The molecule has 0 spiro atoms. The monoisotopic (exact) mass is 428 g/mol. The molecule has 0 saturated carbocycles. The molecule has 0 radical (unpaired) electrons.